The van der Waals surface area contributed by atoms with Crippen molar-refractivity contribution in [2.24, 2.45) is 0 Å². The number of rotatable bonds is 6. The highest BCUT2D eigenvalue weighted by molar-refractivity contribution is 7.89. The van der Waals surface area contributed by atoms with E-state index < -0.39 is 10.0 Å². The van der Waals surface area contributed by atoms with Crippen LogP contribution in [0.3, 0.4) is 0 Å². The normalized spacial score (nSPS) is 18.3. The van der Waals surface area contributed by atoms with Gasteiger partial charge < -0.3 is 14.4 Å². The molecular formula is C23H31N3O4S. The van der Waals surface area contributed by atoms with Crippen molar-refractivity contribution in [3.8, 4) is 11.5 Å². The summed E-state index contributed by atoms with van der Waals surface area (Å²) >= 11 is 0. The van der Waals surface area contributed by atoms with E-state index in [-0.39, 0.29) is 12.8 Å². The third-order valence-corrected chi connectivity index (χ3v) is 7.83. The Morgan fingerprint density at radius 1 is 0.968 bits per heavy atom. The number of aryl methyl sites for hydroxylation is 3. The monoisotopic (exact) mass is 445 g/mol. The Morgan fingerprint density at radius 2 is 1.61 bits per heavy atom. The van der Waals surface area contributed by atoms with Gasteiger partial charge in [0.1, 0.15) is 0 Å². The first-order valence-corrected chi connectivity index (χ1v) is 12.1. The lowest BCUT2D eigenvalue weighted by molar-refractivity contribution is 0.112. The molecule has 1 unspecified atom stereocenters. The third kappa shape index (κ3) is 4.72. The van der Waals surface area contributed by atoms with Crippen molar-refractivity contribution in [1.29, 1.82) is 0 Å². The van der Waals surface area contributed by atoms with Crippen molar-refractivity contribution < 1.29 is 17.9 Å². The van der Waals surface area contributed by atoms with Crippen molar-refractivity contribution >= 4 is 10.0 Å². The number of ether oxygens (including phenoxy) is 2. The van der Waals surface area contributed by atoms with Gasteiger partial charge in [-0.05, 0) is 56.6 Å². The lowest BCUT2D eigenvalue weighted by atomic mass is 10.0. The maximum absolute atomic E-state index is 13.3. The number of hydrogen-bond donors (Lipinski definition) is 1. The number of nitrogens with one attached hydrogen (secondary N) is 1. The number of nitrogens with zero attached hydrogens (tertiary/aromatic N) is 2. The summed E-state index contributed by atoms with van der Waals surface area (Å²) in [5.74, 6) is 1.44. The first-order chi connectivity index (χ1) is 14.7. The van der Waals surface area contributed by atoms with Crippen molar-refractivity contribution in [3.05, 3.63) is 52.6 Å². The molecule has 2 aromatic rings. The molecule has 0 bridgehead atoms. The van der Waals surface area contributed by atoms with E-state index in [9.17, 15) is 8.42 Å². The molecule has 2 aliphatic heterocycles. The molecule has 2 heterocycles. The van der Waals surface area contributed by atoms with E-state index in [0.717, 1.165) is 54.2 Å². The van der Waals surface area contributed by atoms with Crippen LogP contribution < -0.4 is 14.2 Å². The van der Waals surface area contributed by atoms with Crippen molar-refractivity contribution in [2.45, 2.75) is 31.7 Å². The van der Waals surface area contributed by atoms with Gasteiger partial charge in [-0.3, -0.25) is 4.90 Å². The summed E-state index contributed by atoms with van der Waals surface area (Å²) in [6.07, 6.45) is 0. The SMILES string of the molecule is Cc1cc(C)c(S(=O)(=O)NCC(c2ccc3c(c2)OCO3)N2CCN(C)CC2)c(C)c1. The van der Waals surface area contributed by atoms with Crippen LogP contribution in [0, 0.1) is 20.8 Å². The van der Waals surface area contributed by atoms with Gasteiger partial charge in [0.05, 0.1) is 4.90 Å². The molecule has 0 aliphatic carbocycles. The van der Waals surface area contributed by atoms with Gasteiger partial charge in [-0.15, -0.1) is 0 Å². The minimum absolute atomic E-state index is 0.0935. The number of sulfonamides is 1. The number of fused-ring (bicyclic) bond motifs is 1. The smallest absolute Gasteiger partial charge is 0.241 e. The second-order valence-corrected chi connectivity index (χ2v) is 10.3. The predicted molar refractivity (Wildman–Crippen MR) is 120 cm³/mol. The van der Waals surface area contributed by atoms with E-state index in [1.807, 2.05) is 51.1 Å². The van der Waals surface area contributed by atoms with Crippen molar-refractivity contribution in [1.82, 2.24) is 14.5 Å². The lowest BCUT2D eigenvalue weighted by Gasteiger charge is -2.38. The molecule has 1 atom stereocenters. The van der Waals surface area contributed by atoms with Gasteiger partial charge in [0.25, 0.3) is 0 Å². The molecule has 4 rings (SSSR count). The molecule has 2 aliphatic rings. The number of hydrogen-bond acceptors (Lipinski definition) is 6. The minimum Gasteiger partial charge on any atom is -0.454 e. The maximum atomic E-state index is 13.3. The lowest BCUT2D eigenvalue weighted by Crippen LogP contribution is -2.48. The topological polar surface area (TPSA) is 71.1 Å². The zero-order valence-electron chi connectivity index (χ0n) is 18.6. The van der Waals surface area contributed by atoms with Crippen LogP contribution in [0.2, 0.25) is 0 Å². The van der Waals surface area contributed by atoms with E-state index in [1.54, 1.807) is 0 Å². The average Bonchev–Trinajstić information content (AvgIpc) is 3.16. The van der Waals surface area contributed by atoms with Gasteiger partial charge in [-0.1, -0.05) is 23.8 Å². The quantitative estimate of drug-likeness (QED) is 0.737. The third-order valence-electron chi connectivity index (χ3n) is 6.10. The fraction of sp³-hybridized carbons (Fsp3) is 0.478. The Kier molecular flexibility index (Phi) is 6.25. The van der Waals surface area contributed by atoms with E-state index in [4.69, 9.17) is 9.47 Å². The number of benzene rings is 2. The van der Waals surface area contributed by atoms with Gasteiger partial charge >= 0.3 is 0 Å². The van der Waals surface area contributed by atoms with Gasteiger partial charge in [0, 0.05) is 38.8 Å². The Labute approximate surface area is 185 Å². The molecule has 168 valence electrons. The molecule has 0 aromatic heterocycles. The molecular weight excluding hydrogens is 414 g/mol. The first kappa shape index (κ1) is 22.1. The zero-order valence-corrected chi connectivity index (χ0v) is 19.5. The predicted octanol–water partition coefficient (Wildman–Crippen LogP) is 2.61. The molecule has 8 heteroatoms. The Bertz CT molecular complexity index is 1040. The fourth-order valence-electron chi connectivity index (χ4n) is 4.56. The Morgan fingerprint density at radius 3 is 2.29 bits per heavy atom. The first-order valence-electron chi connectivity index (χ1n) is 10.6. The molecule has 1 N–H and O–H groups in total. The summed E-state index contributed by atoms with van der Waals surface area (Å²) in [6, 6.07) is 9.62. The summed E-state index contributed by atoms with van der Waals surface area (Å²) in [5.41, 5.74) is 3.62. The van der Waals surface area contributed by atoms with Crippen LogP contribution >= 0.6 is 0 Å². The number of likely N-dealkylation sites (N-methyl/N-ethyl adjacent to an activating group) is 1. The molecule has 0 spiro atoms. The highest BCUT2D eigenvalue weighted by Gasteiger charge is 2.28. The molecule has 0 radical (unpaired) electrons. The molecule has 31 heavy (non-hydrogen) atoms. The molecule has 0 saturated carbocycles. The minimum atomic E-state index is -3.65. The molecule has 2 aromatic carbocycles. The molecule has 0 amide bonds. The molecule has 1 saturated heterocycles. The van der Waals surface area contributed by atoms with Crippen LogP contribution in [0.25, 0.3) is 0 Å². The van der Waals surface area contributed by atoms with Crippen LogP contribution in [-0.2, 0) is 10.0 Å². The van der Waals surface area contributed by atoms with Crippen LogP contribution in [-0.4, -0.2) is 64.8 Å². The second-order valence-electron chi connectivity index (χ2n) is 8.55. The van der Waals surface area contributed by atoms with E-state index in [1.165, 1.54) is 0 Å². The summed E-state index contributed by atoms with van der Waals surface area (Å²) < 4.78 is 40.4. The summed E-state index contributed by atoms with van der Waals surface area (Å²) in [5, 5.41) is 0. The summed E-state index contributed by atoms with van der Waals surface area (Å²) in [6.45, 7) is 9.84. The highest BCUT2D eigenvalue weighted by Crippen LogP contribution is 2.35. The van der Waals surface area contributed by atoms with E-state index >= 15 is 0 Å². The molecule has 7 nitrogen and oxygen atoms in total. The summed E-state index contributed by atoms with van der Waals surface area (Å²) in [7, 11) is -1.54. The van der Waals surface area contributed by atoms with Crippen LogP contribution in [0.4, 0.5) is 0 Å². The molecule has 1 fully saturated rings. The van der Waals surface area contributed by atoms with E-state index in [0.29, 0.717) is 17.2 Å². The van der Waals surface area contributed by atoms with Crippen LogP contribution in [0.1, 0.15) is 28.3 Å². The van der Waals surface area contributed by atoms with Gasteiger partial charge in [-0.2, -0.15) is 0 Å². The van der Waals surface area contributed by atoms with Crippen molar-refractivity contribution in [2.75, 3.05) is 46.6 Å². The largest absolute Gasteiger partial charge is 0.454 e. The summed E-state index contributed by atoms with van der Waals surface area (Å²) in [4.78, 5) is 5.01. The number of piperazine rings is 1. The van der Waals surface area contributed by atoms with Crippen LogP contribution in [0.15, 0.2) is 35.2 Å². The average molecular weight is 446 g/mol. The van der Waals surface area contributed by atoms with Crippen molar-refractivity contribution in [3.63, 3.8) is 0 Å². The second kappa shape index (κ2) is 8.78. The Hall–Kier alpha value is -2.13. The standard InChI is InChI=1S/C23H31N3O4S/c1-16-11-17(2)23(18(3)12-16)31(27,28)24-14-20(26-9-7-25(4)8-10-26)19-5-6-21-22(13-19)30-15-29-21/h5-6,11-13,20,24H,7-10,14-15H2,1-4H3. The maximum Gasteiger partial charge on any atom is 0.241 e. The van der Waals surface area contributed by atoms with E-state index in [2.05, 4.69) is 21.6 Å². The van der Waals surface area contributed by atoms with Gasteiger partial charge in [-0.25, -0.2) is 13.1 Å². The Balaban J connectivity index is 1.60. The van der Waals surface area contributed by atoms with Gasteiger partial charge in [0.15, 0.2) is 11.5 Å². The van der Waals surface area contributed by atoms with Crippen LogP contribution in [0.5, 0.6) is 11.5 Å². The zero-order chi connectivity index (χ0) is 22.2. The van der Waals surface area contributed by atoms with Gasteiger partial charge in [0.2, 0.25) is 16.8 Å². The fourth-order valence-corrected chi connectivity index (χ4v) is 6.05. The highest BCUT2D eigenvalue weighted by atomic mass is 32.2.